The molecule has 0 atom stereocenters. The number of hydrogen-bond donors (Lipinski definition) is 1. The Morgan fingerprint density at radius 2 is 2.00 bits per heavy atom. The zero-order valence-corrected chi connectivity index (χ0v) is 8.31. The molecule has 0 rings (SSSR count). The Morgan fingerprint density at radius 1 is 1.55 bits per heavy atom. The van der Waals surface area contributed by atoms with Crippen LogP contribution in [-0.2, 0) is 9.53 Å². The van der Waals surface area contributed by atoms with Crippen LogP contribution in [0.2, 0.25) is 0 Å². The highest BCUT2D eigenvalue weighted by molar-refractivity contribution is 9.11. The normalized spacial score (nSPS) is 12.9. The van der Waals surface area contributed by atoms with Crippen LogP contribution in [0.4, 0.5) is 0 Å². The minimum atomic E-state index is -0.727. The molecule has 0 aromatic heterocycles. The third kappa shape index (κ3) is 4.84. The third-order valence-corrected chi connectivity index (χ3v) is 1.15. The van der Waals surface area contributed by atoms with E-state index in [-0.39, 0.29) is 0 Å². The highest BCUT2D eigenvalue weighted by Gasteiger charge is 2.18. The van der Waals surface area contributed by atoms with E-state index in [9.17, 15) is 4.79 Å². The van der Waals surface area contributed by atoms with E-state index in [0.29, 0.717) is 0 Å². The first-order valence-corrected chi connectivity index (χ1v) is 4.01. The molecule has 3 nitrogen and oxygen atoms in total. The van der Waals surface area contributed by atoms with Gasteiger partial charge in [0.15, 0.2) is 0 Å². The Hall–Kier alpha value is -0.510. The number of aliphatic hydroxyl groups is 1. The largest absolute Gasteiger partial charge is 0.501 e. The second-order valence-electron chi connectivity index (χ2n) is 3.00. The fraction of sp³-hybridized carbons (Fsp3) is 0.571. The summed E-state index contributed by atoms with van der Waals surface area (Å²) in [4.78, 5) is 11.9. The van der Waals surface area contributed by atoms with E-state index in [2.05, 4.69) is 15.9 Å². The first-order valence-electron chi connectivity index (χ1n) is 3.09. The molecular weight excluding hydrogens is 212 g/mol. The van der Waals surface area contributed by atoms with Crippen LogP contribution in [0.15, 0.2) is 10.7 Å². The number of carbonyl (C=O) groups is 1. The maximum atomic E-state index is 10.8. The summed E-state index contributed by atoms with van der Waals surface area (Å²) in [5.74, 6) is -1.16. The van der Waals surface area contributed by atoms with Gasteiger partial charge in [-0.3, -0.25) is 0 Å². The molecular formula is C7H11BrO3. The summed E-state index contributed by atoms with van der Waals surface area (Å²) >= 11 is 2.81. The molecule has 0 aliphatic heterocycles. The summed E-state index contributed by atoms with van der Waals surface area (Å²) in [7, 11) is 0. The lowest BCUT2D eigenvalue weighted by molar-refractivity contribution is -0.152. The molecule has 0 radical (unpaired) electrons. The summed E-state index contributed by atoms with van der Waals surface area (Å²) in [5.41, 5.74) is -0.568. The van der Waals surface area contributed by atoms with Gasteiger partial charge in [-0.2, -0.15) is 0 Å². The molecule has 0 unspecified atom stereocenters. The fourth-order valence-electron chi connectivity index (χ4n) is 0.375. The lowest BCUT2D eigenvalue weighted by Crippen LogP contribution is -2.24. The van der Waals surface area contributed by atoms with Crippen molar-refractivity contribution in [3.8, 4) is 0 Å². The van der Waals surface area contributed by atoms with Gasteiger partial charge in [-0.1, -0.05) is 15.9 Å². The van der Waals surface area contributed by atoms with E-state index in [1.807, 2.05) is 0 Å². The van der Waals surface area contributed by atoms with Gasteiger partial charge in [-0.05, 0) is 20.8 Å². The Bertz CT molecular complexity index is 179. The fourth-order valence-corrected chi connectivity index (χ4v) is 0.562. The Labute approximate surface area is 74.2 Å². The minimum absolute atomic E-state index is 0.431. The highest BCUT2D eigenvalue weighted by atomic mass is 79.9. The molecule has 1 N–H and O–H groups in total. The Balaban J connectivity index is 4.10. The number of hydrogen-bond acceptors (Lipinski definition) is 3. The van der Waals surface area contributed by atoms with Crippen molar-refractivity contribution in [3.63, 3.8) is 0 Å². The van der Waals surface area contributed by atoms with Gasteiger partial charge in [-0.25, -0.2) is 4.79 Å². The molecule has 4 heteroatoms. The third-order valence-electron chi connectivity index (χ3n) is 0.711. The summed E-state index contributed by atoms with van der Waals surface area (Å²) in [6, 6.07) is 0. The topological polar surface area (TPSA) is 46.5 Å². The van der Waals surface area contributed by atoms with Crippen LogP contribution in [0, 0.1) is 0 Å². The van der Waals surface area contributed by atoms with Crippen LogP contribution in [-0.4, -0.2) is 16.7 Å². The van der Waals surface area contributed by atoms with E-state index in [4.69, 9.17) is 9.84 Å². The SMILES string of the molecule is CC(C)(C)OC(=O)C(O)=CBr. The monoisotopic (exact) mass is 222 g/mol. The second-order valence-corrected chi connectivity index (χ2v) is 3.45. The van der Waals surface area contributed by atoms with Crippen LogP contribution < -0.4 is 0 Å². The van der Waals surface area contributed by atoms with E-state index in [0.717, 1.165) is 4.99 Å². The van der Waals surface area contributed by atoms with Crippen molar-refractivity contribution >= 4 is 21.9 Å². The van der Waals surface area contributed by atoms with Gasteiger partial charge in [0.05, 0.1) is 0 Å². The zero-order valence-electron chi connectivity index (χ0n) is 6.72. The molecule has 0 aliphatic rings. The van der Waals surface area contributed by atoms with Gasteiger partial charge in [0.2, 0.25) is 5.76 Å². The predicted octanol–water partition coefficient (Wildman–Crippen LogP) is 2.12. The van der Waals surface area contributed by atoms with Crippen molar-refractivity contribution in [1.82, 2.24) is 0 Å². The van der Waals surface area contributed by atoms with E-state index < -0.39 is 17.3 Å². The van der Waals surface area contributed by atoms with Gasteiger partial charge in [-0.15, -0.1) is 0 Å². The average Bonchev–Trinajstić information content (AvgIpc) is 1.82. The number of aliphatic hydroxyl groups excluding tert-OH is 1. The maximum absolute atomic E-state index is 10.8. The van der Waals surface area contributed by atoms with Crippen LogP contribution in [0.25, 0.3) is 0 Å². The highest BCUT2D eigenvalue weighted by Crippen LogP contribution is 2.09. The second kappa shape index (κ2) is 3.76. The predicted molar refractivity (Wildman–Crippen MR) is 45.5 cm³/mol. The zero-order chi connectivity index (χ0) is 9.07. The average molecular weight is 223 g/mol. The van der Waals surface area contributed by atoms with Crippen molar-refractivity contribution in [1.29, 1.82) is 0 Å². The Morgan fingerprint density at radius 3 is 2.27 bits per heavy atom. The number of halogens is 1. The van der Waals surface area contributed by atoms with Gasteiger partial charge >= 0.3 is 5.97 Å². The molecule has 0 fully saturated rings. The molecule has 0 amide bonds. The Kier molecular flexibility index (Phi) is 3.58. The number of ether oxygens (including phenoxy) is 1. The van der Waals surface area contributed by atoms with Crippen molar-refractivity contribution in [2.24, 2.45) is 0 Å². The van der Waals surface area contributed by atoms with Crippen molar-refractivity contribution in [3.05, 3.63) is 10.7 Å². The van der Waals surface area contributed by atoms with E-state index in [1.54, 1.807) is 20.8 Å². The molecule has 0 heterocycles. The molecule has 0 aromatic carbocycles. The van der Waals surface area contributed by atoms with Gasteiger partial charge in [0, 0.05) is 4.99 Å². The quantitative estimate of drug-likeness (QED) is 0.420. The standard InChI is InChI=1S/C7H11BrO3/c1-7(2,3)11-6(10)5(9)4-8/h4,9H,1-3H3. The molecule has 0 bridgehead atoms. The summed E-state index contributed by atoms with van der Waals surface area (Å²) < 4.78 is 4.80. The molecule has 0 aromatic rings. The number of carbonyl (C=O) groups excluding carboxylic acids is 1. The van der Waals surface area contributed by atoms with E-state index in [1.165, 1.54) is 0 Å². The van der Waals surface area contributed by atoms with Crippen molar-refractivity contribution in [2.75, 3.05) is 0 Å². The smallest absolute Gasteiger partial charge is 0.374 e. The lowest BCUT2D eigenvalue weighted by Gasteiger charge is -2.18. The van der Waals surface area contributed by atoms with Gasteiger partial charge in [0.1, 0.15) is 5.60 Å². The summed E-state index contributed by atoms with van der Waals surface area (Å²) in [6.45, 7) is 5.19. The first kappa shape index (κ1) is 10.5. The van der Waals surface area contributed by atoms with Crippen LogP contribution in [0.1, 0.15) is 20.8 Å². The van der Waals surface area contributed by atoms with Crippen LogP contribution in [0.3, 0.4) is 0 Å². The molecule has 0 saturated carbocycles. The number of rotatable bonds is 1. The van der Waals surface area contributed by atoms with Crippen LogP contribution in [0.5, 0.6) is 0 Å². The first-order chi connectivity index (χ1) is 4.87. The molecule has 0 saturated heterocycles. The lowest BCUT2D eigenvalue weighted by atomic mass is 10.2. The summed E-state index contributed by atoms with van der Waals surface area (Å²) in [6.07, 6.45) is 0. The molecule has 64 valence electrons. The van der Waals surface area contributed by atoms with E-state index >= 15 is 0 Å². The molecule has 0 spiro atoms. The van der Waals surface area contributed by atoms with Crippen molar-refractivity contribution < 1.29 is 14.6 Å². The summed E-state index contributed by atoms with van der Waals surface area (Å²) in [5, 5.41) is 8.83. The van der Waals surface area contributed by atoms with Crippen molar-refractivity contribution in [2.45, 2.75) is 26.4 Å². The minimum Gasteiger partial charge on any atom is -0.501 e. The van der Waals surface area contributed by atoms with Gasteiger partial charge < -0.3 is 9.84 Å². The van der Waals surface area contributed by atoms with Gasteiger partial charge in [0.25, 0.3) is 0 Å². The number of esters is 1. The molecule has 11 heavy (non-hydrogen) atoms. The molecule has 0 aliphatic carbocycles. The maximum Gasteiger partial charge on any atom is 0.374 e. The van der Waals surface area contributed by atoms with Crippen LogP contribution >= 0.6 is 15.9 Å².